The Balaban J connectivity index is 1.80. The lowest BCUT2D eigenvalue weighted by molar-refractivity contribution is -0.171. The van der Waals surface area contributed by atoms with E-state index < -0.39 is 17.6 Å². The van der Waals surface area contributed by atoms with Crippen LogP contribution in [0.25, 0.3) is 0 Å². The van der Waals surface area contributed by atoms with E-state index >= 15 is 0 Å². The smallest absolute Gasteiger partial charge is 0.203 e. The fourth-order valence-corrected chi connectivity index (χ4v) is 6.59. The molecule has 4 rings (SSSR count). The second-order valence-corrected chi connectivity index (χ2v) is 9.59. The number of hydrogen-bond donors (Lipinski definition) is 0. The normalized spacial score (nSPS) is 44.3. The van der Waals surface area contributed by atoms with E-state index in [1.54, 1.807) is 0 Å². The molecule has 0 aromatic carbocycles. The van der Waals surface area contributed by atoms with Crippen molar-refractivity contribution in [2.24, 2.45) is 22.7 Å². The van der Waals surface area contributed by atoms with Crippen molar-refractivity contribution in [2.75, 3.05) is 7.11 Å². The molecule has 5 unspecified atom stereocenters. The van der Waals surface area contributed by atoms with Crippen molar-refractivity contribution in [1.29, 1.82) is 0 Å². The Bertz CT molecular complexity index is 730. The van der Waals surface area contributed by atoms with Gasteiger partial charge in [0.25, 0.3) is 0 Å². The topological polar surface area (TPSA) is 52.6 Å². The molecule has 1 spiro atoms. The summed E-state index contributed by atoms with van der Waals surface area (Å²) in [5.41, 5.74) is 0.852. The van der Waals surface area contributed by atoms with Crippen LogP contribution in [0.1, 0.15) is 59.8 Å². The van der Waals surface area contributed by atoms with Crippen molar-refractivity contribution in [3.8, 4) is 0 Å². The summed E-state index contributed by atoms with van der Waals surface area (Å²) >= 11 is 0. The molecule has 0 aromatic rings. The van der Waals surface area contributed by atoms with E-state index in [0.717, 1.165) is 19.3 Å². The van der Waals surface area contributed by atoms with Crippen molar-refractivity contribution in [2.45, 2.75) is 71.5 Å². The first-order valence-corrected chi connectivity index (χ1v) is 9.85. The minimum Gasteiger partial charge on any atom is -0.493 e. The summed E-state index contributed by atoms with van der Waals surface area (Å²) < 4.78 is 11.8. The molecule has 1 heterocycles. The molecule has 0 radical (unpaired) electrons. The van der Waals surface area contributed by atoms with E-state index in [-0.39, 0.29) is 28.2 Å². The molecule has 4 heteroatoms. The summed E-state index contributed by atoms with van der Waals surface area (Å²) in [5.74, 6) is 0.0404. The van der Waals surface area contributed by atoms with Crippen LogP contribution in [0, 0.1) is 22.7 Å². The van der Waals surface area contributed by atoms with Crippen molar-refractivity contribution in [3.05, 3.63) is 23.5 Å². The summed E-state index contributed by atoms with van der Waals surface area (Å²) in [7, 11) is 1.45. The number of allylic oxidation sites excluding steroid dienone is 2. The predicted octanol–water partition coefficient (Wildman–Crippen LogP) is 4.00. The molecule has 0 bridgehead atoms. The van der Waals surface area contributed by atoms with Crippen LogP contribution in [0.3, 0.4) is 0 Å². The van der Waals surface area contributed by atoms with Gasteiger partial charge in [-0.3, -0.25) is 9.59 Å². The van der Waals surface area contributed by atoms with Crippen molar-refractivity contribution in [3.63, 3.8) is 0 Å². The van der Waals surface area contributed by atoms with Crippen LogP contribution in [0.5, 0.6) is 0 Å². The van der Waals surface area contributed by atoms with Gasteiger partial charge in [0, 0.05) is 11.5 Å². The molecule has 5 atom stereocenters. The van der Waals surface area contributed by atoms with Gasteiger partial charge in [0.2, 0.25) is 5.78 Å². The Kier molecular flexibility index (Phi) is 3.83. The summed E-state index contributed by atoms with van der Waals surface area (Å²) in [6.45, 7) is 9.19. The molecule has 2 fully saturated rings. The summed E-state index contributed by atoms with van der Waals surface area (Å²) in [6, 6.07) is 0. The van der Waals surface area contributed by atoms with Crippen LogP contribution in [-0.2, 0) is 19.1 Å². The molecule has 4 aliphatic rings. The van der Waals surface area contributed by atoms with Gasteiger partial charge in [0.1, 0.15) is 6.10 Å². The molecule has 4 nitrogen and oxygen atoms in total. The first-order valence-electron chi connectivity index (χ1n) is 9.85. The van der Waals surface area contributed by atoms with Crippen LogP contribution in [0.4, 0.5) is 0 Å². The number of ether oxygens (including phenoxy) is 2. The highest BCUT2D eigenvalue weighted by Gasteiger charge is 2.66. The fourth-order valence-electron chi connectivity index (χ4n) is 6.59. The number of Topliss-reactive ketones (excluding diaryl/α,β-unsaturated/α-hetero) is 1. The molecule has 1 saturated heterocycles. The maximum absolute atomic E-state index is 12.9. The third-order valence-corrected chi connectivity index (χ3v) is 8.00. The van der Waals surface area contributed by atoms with E-state index in [2.05, 4.69) is 33.8 Å². The van der Waals surface area contributed by atoms with E-state index in [9.17, 15) is 9.59 Å². The van der Waals surface area contributed by atoms with Gasteiger partial charge in [-0.05, 0) is 49.5 Å². The van der Waals surface area contributed by atoms with E-state index in [1.165, 1.54) is 25.2 Å². The van der Waals surface area contributed by atoms with Gasteiger partial charge in [0.05, 0.1) is 18.6 Å². The second-order valence-electron chi connectivity index (χ2n) is 9.59. The van der Waals surface area contributed by atoms with Gasteiger partial charge >= 0.3 is 0 Å². The van der Waals surface area contributed by atoms with Gasteiger partial charge in [-0.1, -0.05) is 33.3 Å². The van der Waals surface area contributed by atoms with Gasteiger partial charge in [0.15, 0.2) is 11.5 Å². The Morgan fingerprint density at radius 2 is 1.92 bits per heavy atom. The van der Waals surface area contributed by atoms with Crippen LogP contribution in [0.2, 0.25) is 0 Å². The van der Waals surface area contributed by atoms with Gasteiger partial charge in [-0.2, -0.15) is 0 Å². The average molecular weight is 358 g/mol. The van der Waals surface area contributed by atoms with Gasteiger partial charge in [-0.15, -0.1) is 0 Å². The van der Waals surface area contributed by atoms with Crippen LogP contribution < -0.4 is 0 Å². The van der Waals surface area contributed by atoms with Crippen molar-refractivity contribution in [1.82, 2.24) is 0 Å². The van der Waals surface area contributed by atoms with Gasteiger partial charge < -0.3 is 9.47 Å². The van der Waals surface area contributed by atoms with E-state index in [1.807, 2.05) is 0 Å². The van der Waals surface area contributed by atoms with Gasteiger partial charge in [-0.25, -0.2) is 0 Å². The first-order chi connectivity index (χ1) is 12.2. The standard InChI is InChI=1S/C22H30O4/c1-13-7-8-17-20(2,3)9-6-10-21(17,4)22(13)12-14-18(24)16(25-5)11-15(23)19(14)26-22/h7,11,14,17,19H,6,8-10,12H2,1-5H3. The number of methoxy groups -OCH3 is 1. The molecule has 0 amide bonds. The number of fused-ring (bicyclic) bond motifs is 3. The molecule has 1 aliphatic heterocycles. The Morgan fingerprint density at radius 3 is 2.62 bits per heavy atom. The Labute approximate surface area is 156 Å². The maximum atomic E-state index is 12.9. The Hall–Kier alpha value is -1.42. The minimum atomic E-state index is -0.662. The van der Waals surface area contributed by atoms with Crippen molar-refractivity contribution < 1.29 is 19.1 Å². The van der Waals surface area contributed by atoms with Crippen molar-refractivity contribution >= 4 is 11.6 Å². The monoisotopic (exact) mass is 358 g/mol. The number of carbonyl (C=O) groups is 2. The lowest BCUT2D eigenvalue weighted by Crippen LogP contribution is -2.59. The second kappa shape index (κ2) is 5.54. The maximum Gasteiger partial charge on any atom is 0.203 e. The summed E-state index contributed by atoms with van der Waals surface area (Å²) in [6.07, 6.45) is 8.08. The lowest BCUT2D eigenvalue weighted by atomic mass is 9.46. The molecule has 3 aliphatic carbocycles. The van der Waals surface area contributed by atoms with E-state index in [4.69, 9.17) is 9.47 Å². The fraction of sp³-hybridized carbons (Fsp3) is 0.727. The number of rotatable bonds is 1. The van der Waals surface area contributed by atoms with Crippen LogP contribution >= 0.6 is 0 Å². The molecule has 142 valence electrons. The number of hydrogen-bond acceptors (Lipinski definition) is 4. The highest BCUT2D eigenvalue weighted by Crippen LogP contribution is 2.66. The average Bonchev–Trinajstić information content (AvgIpc) is 2.99. The third-order valence-electron chi connectivity index (χ3n) is 8.00. The minimum absolute atomic E-state index is 0.0568. The predicted molar refractivity (Wildman–Crippen MR) is 98.4 cm³/mol. The zero-order valence-electron chi connectivity index (χ0n) is 16.6. The molecular weight excluding hydrogens is 328 g/mol. The largest absolute Gasteiger partial charge is 0.493 e. The summed E-state index contributed by atoms with van der Waals surface area (Å²) in [4.78, 5) is 25.5. The molecule has 1 saturated carbocycles. The molecule has 26 heavy (non-hydrogen) atoms. The zero-order chi connectivity index (χ0) is 18.9. The SMILES string of the molecule is COC1=CC(=O)C2OC3(CC2C1=O)C(C)=CCC1C(C)(C)CCCC13C. The van der Waals surface area contributed by atoms with E-state index in [0.29, 0.717) is 12.3 Å². The molecule has 0 aromatic heterocycles. The molecular formula is C22H30O4. The first kappa shape index (κ1) is 18.0. The van der Waals surface area contributed by atoms with Crippen LogP contribution in [0.15, 0.2) is 23.5 Å². The highest BCUT2D eigenvalue weighted by atomic mass is 16.5. The highest BCUT2D eigenvalue weighted by molar-refractivity contribution is 6.11. The Morgan fingerprint density at radius 1 is 1.19 bits per heavy atom. The quantitative estimate of drug-likeness (QED) is 0.665. The zero-order valence-corrected chi connectivity index (χ0v) is 16.6. The lowest BCUT2D eigenvalue weighted by Gasteiger charge is -2.61. The van der Waals surface area contributed by atoms with Crippen LogP contribution in [-0.4, -0.2) is 30.4 Å². The number of ketones is 2. The summed E-state index contributed by atoms with van der Waals surface area (Å²) in [5, 5.41) is 0. The number of carbonyl (C=O) groups excluding carboxylic acids is 2. The third kappa shape index (κ3) is 2.11. The molecule has 0 N–H and O–H groups in total.